The minimum absolute atomic E-state index is 0.181. The Labute approximate surface area is 118 Å². The molecule has 0 N–H and O–H groups in total. The number of sulfonamides is 1. The molecule has 0 unspecified atom stereocenters. The molecule has 1 aromatic carbocycles. The molecule has 1 aromatic rings. The highest BCUT2D eigenvalue weighted by atomic mass is 32.2. The molecule has 2 rings (SSSR count). The molecule has 0 amide bonds. The average molecular weight is 295 g/mol. The van der Waals surface area contributed by atoms with E-state index in [1.54, 1.807) is 37.3 Å². The fourth-order valence-electron chi connectivity index (χ4n) is 2.18. The number of hydrogen-bond acceptors (Lipinski definition) is 4. The Balaban J connectivity index is 2.39. The van der Waals surface area contributed by atoms with Crippen LogP contribution in [0, 0.1) is 6.92 Å². The molecule has 0 aliphatic carbocycles. The molecule has 108 valence electrons. The number of nitrogens with zero attached hydrogens (tertiary/aromatic N) is 1. The van der Waals surface area contributed by atoms with Gasteiger partial charge in [0.25, 0.3) is 0 Å². The van der Waals surface area contributed by atoms with Crippen molar-refractivity contribution >= 4 is 16.0 Å². The smallest absolute Gasteiger partial charge is 0.328 e. The first-order chi connectivity index (χ1) is 9.37. The quantitative estimate of drug-likeness (QED) is 0.626. The number of ether oxygens (including phenoxy) is 1. The van der Waals surface area contributed by atoms with E-state index in [2.05, 4.69) is 0 Å². The van der Waals surface area contributed by atoms with Crippen molar-refractivity contribution in [3.63, 3.8) is 0 Å². The number of rotatable bonds is 3. The molecule has 0 fully saturated rings. The van der Waals surface area contributed by atoms with Gasteiger partial charge in [-0.2, -0.15) is 4.31 Å². The molecule has 0 spiro atoms. The fourth-order valence-corrected chi connectivity index (χ4v) is 3.73. The van der Waals surface area contributed by atoms with E-state index in [0.29, 0.717) is 5.57 Å². The van der Waals surface area contributed by atoms with Crippen molar-refractivity contribution in [3.8, 4) is 0 Å². The van der Waals surface area contributed by atoms with Gasteiger partial charge in [-0.05, 0) is 31.6 Å². The lowest BCUT2D eigenvalue weighted by atomic mass is 10.2. The van der Waals surface area contributed by atoms with Gasteiger partial charge in [-0.1, -0.05) is 23.8 Å². The van der Waals surface area contributed by atoms with Gasteiger partial charge in [-0.3, -0.25) is 0 Å². The topological polar surface area (TPSA) is 63.7 Å². The van der Waals surface area contributed by atoms with Crippen LogP contribution in [-0.2, 0) is 19.6 Å². The lowest BCUT2D eigenvalue weighted by Crippen LogP contribution is -2.42. The number of carbonyl (C=O) groups is 1. The van der Waals surface area contributed by atoms with Crippen molar-refractivity contribution in [1.82, 2.24) is 4.31 Å². The summed E-state index contributed by atoms with van der Waals surface area (Å²) in [6.45, 7) is 3.79. The maximum Gasteiger partial charge on any atom is 0.328 e. The predicted molar refractivity (Wildman–Crippen MR) is 74.6 cm³/mol. The Morgan fingerprint density at radius 2 is 1.85 bits per heavy atom. The number of aryl methyl sites for hydroxylation is 1. The number of carbonyl (C=O) groups excluding carboxylic acids is 1. The van der Waals surface area contributed by atoms with E-state index in [1.165, 1.54) is 11.4 Å². The summed E-state index contributed by atoms with van der Waals surface area (Å²) >= 11 is 0. The lowest BCUT2D eigenvalue weighted by molar-refractivity contribution is -0.143. The Kier molecular flexibility index (Phi) is 3.96. The highest BCUT2D eigenvalue weighted by molar-refractivity contribution is 7.89. The van der Waals surface area contributed by atoms with Gasteiger partial charge in [0.2, 0.25) is 10.0 Å². The summed E-state index contributed by atoms with van der Waals surface area (Å²) in [4.78, 5) is 12.0. The van der Waals surface area contributed by atoms with E-state index < -0.39 is 22.0 Å². The minimum atomic E-state index is -3.71. The zero-order valence-electron chi connectivity index (χ0n) is 11.7. The molecule has 1 heterocycles. The Hall–Kier alpha value is -1.66. The van der Waals surface area contributed by atoms with Crippen molar-refractivity contribution in [1.29, 1.82) is 0 Å². The summed E-state index contributed by atoms with van der Waals surface area (Å²) in [5.41, 5.74) is 1.66. The van der Waals surface area contributed by atoms with Gasteiger partial charge in [0.1, 0.15) is 6.04 Å². The van der Waals surface area contributed by atoms with Crippen LogP contribution in [0.4, 0.5) is 0 Å². The first-order valence-corrected chi connectivity index (χ1v) is 7.65. The Morgan fingerprint density at radius 1 is 1.25 bits per heavy atom. The van der Waals surface area contributed by atoms with Crippen LogP contribution in [0.25, 0.3) is 0 Å². The summed E-state index contributed by atoms with van der Waals surface area (Å²) in [6.07, 6.45) is 1.73. The molecule has 0 bridgehead atoms. The van der Waals surface area contributed by atoms with Crippen molar-refractivity contribution < 1.29 is 17.9 Å². The van der Waals surface area contributed by atoms with Gasteiger partial charge < -0.3 is 4.74 Å². The highest BCUT2D eigenvalue weighted by Gasteiger charge is 2.40. The van der Waals surface area contributed by atoms with Crippen LogP contribution >= 0.6 is 0 Å². The predicted octanol–water partition coefficient (Wildman–Crippen LogP) is 1.49. The van der Waals surface area contributed by atoms with E-state index in [1.807, 2.05) is 6.92 Å². The summed E-state index contributed by atoms with van der Waals surface area (Å²) in [5.74, 6) is -0.563. The average Bonchev–Trinajstić information content (AvgIpc) is 2.81. The zero-order chi connectivity index (χ0) is 14.9. The van der Waals surface area contributed by atoms with Crippen molar-refractivity contribution in [2.24, 2.45) is 0 Å². The van der Waals surface area contributed by atoms with Crippen molar-refractivity contribution in [3.05, 3.63) is 41.5 Å². The Bertz CT molecular complexity index is 646. The van der Waals surface area contributed by atoms with Gasteiger partial charge in [0, 0.05) is 6.54 Å². The van der Waals surface area contributed by atoms with Crippen LogP contribution in [0.3, 0.4) is 0 Å². The van der Waals surface area contributed by atoms with Crippen LogP contribution in [0.5, 0.6) is 0 Å². The third-order valence-corrected chi connectivity index (χ3v) is 5.21. The normalized spacial score (nSPS) is 19.8. The highest BCUT2D eigenvalue weighted by Crippen LogP contribution is 2.27. The molecule has 0 aromatic heterocycles. The molecule has 0 radical (unpaired) electrons. The van der Waals surface area contributed by atoms with E-state index in [4.69, 9.17) is 4.74 Å². The van der Waals surface area contributed by atoms with Crippen LogP contribution in [0.1, 0.15) is 12.5 Å². The molecule has 1 aliphatic heterocycles. The van der Waals surface area contributed by atoms with Gasteiger partial charge in [-0.15, -0.1) is 0 Å². The van der Waals surface area contributed by atoms with E-state index in [0.717, 1.165) is 5.56 Å². The molecule has 0 saturated carbocycles. The minimum Gasteiger partial charge on any atom is -0.468 e. The molecular weight excluding hydrogens is 278 g/mol. The summed E-state index contributed by atoms with van der Waals surface area (Å²) in [7, 11) is -2.46. The van der Waals surface area contributed by atoms with Crippen LogP contribution in [0.15, 0.2) is 40.8 Å². The third kappa shape index (κ3) is 2.48. The molecule has 5 nitrogen and oxygen atoms in total. The maximum atomic E-state index is 12.6. The van der Waals surface area contributed by atoms with Gasteiger partial charge in [-0.25, -0.2) is 13.2 Å². The summed E-state index contributed by atoms with van der Waals surface area (Å²) in [6, 6.07) is 5.69. The first kappa shape index (κ1) is 14.7. The molecule has 1 aliphatic rings. The second-order valence-corrected chi connectivity index (χ2v) is 6.65. The van der Waals surface area contributed by atoms with Crippen LogP contribution in [-0.4, -0.2) is 38.4 Å². The molecule has 20 heavy (non-hydrogen) atoms. The monoisotopic (exact) mass is 295 g/mol. The molecular formula is C14H17NO4S. The van der Waals surface area contributed by atoms with Gasteiger partial charge in [0.05, 0.1) is 12.0 Å². The summed E-state index contributed by atoms with van der Waals surface area (Å²) in [5, 5.41) is 0. The standard InChI is InChI=1S/C14H17NO4S/c1-10-4-6-12(7-5-10)20(17,18)15-9-8-11(2)13(15)14(16)19-3/h4-8,13H,9H2,1-3H3/t13-/m0/s1. The lowest BCUT2D eigenvalue weighted by Gasteiger charge is -2.23. The van der Waals surface area contributed by atoms with Crippen LogP contribution in [0.2, 0.25) is 0 Å². The van der Waals surface area contributed by atoms with Crippen LogP contribution < -0.4 is 0 Å². The second kappa shape index (κ2) is 5.38. The van der Waals surface area contributed by atoms with E-state index in [9.17, 15) is 13.2 Å². The largest absolute Gasteiger partial charge is 0.468 e. The first-order valence-electron chi connectivity index (χ1n) is 6.21. The second-order valence-electron chi connectivity index (χ2n) is 4.76. The molecule has 1 atom stereocenters. The number of esters is 1. The molecule has 0 saturated heterocycles. The maximum absolute atomic E-state index is 12.6. The van der Waals surface area contributed by atoms with Gasteiger partial charge >= 0.3 is 5.97 Å². The van der Waals surface area contributed by atoms with E-state index >= 15 is 0 Å². The van der Waals surface area contributed by atoms with Crippen molar-refractivity contribution in [2.75, 3.05) is 13.7 Å². The zero-order valence-corrected chi connectivity index (χ0v) is 12.5. The van der Waals surface area contributed by atoms with E-state index in [-0.39, 0.29) is 11.4 Å². The Morgan fingerprint density at radius 3 is 2.40 bits per heavy atom. The summed E-state index contributed by atoms with van der Waals surface area (Å²) < 4.78 is 31.1. The fraction of sp³-hybridized carbons (Fsp3) is 0.357. The number of methoxy groups -OCH3 is 1. The number of benzene rings is 1. The molecule has 6 heteroatoms. The number of hydrogen-bond donors (Lipinski definition) is 0. The van der Waals surface area contributed by atoms with Gasteiger partial charge in [0.15, 0.2) is 0 Å². The SMILES string of the molecule is COC(=O)[C@@H]1C(C)=CCN1S(=O)(=O)c1ccc(C)cc1. The van der Waals surface area contributed by atoms with Crippen molar-refractivity contribution in [2.45, 2.75) is 24.8 Å². The third-order valence-electron chi connectivity index (χ3n) is 3.36.